The van der Waals surface area contributed by atoms with E-state index in [1.807, 2.05) is 42.5 Å². The summed E-state index contributed by atoms with van der Waals surface area (Å²) in [6.45, 7) is 0. The van der Waals surface area contributed by atoms with Gasteiger partial charge in [-0.05, 0) is 79.7 Å². The number of nitrogens with zero attached hydrogens (tertiary/aromatic N) is 3. The standard InChI is InChI=1S/C46H27N3/c47-28-32-15-12-22-34(31-25-26-41(33(27-31)29-48)49-42-23-10-8-16-35(42)36-17-9-11-24-43(36)49)45(32)46-39-20-6-4-18-37(39)44(30-13-2-1-3-14-30)38-19-5-7-21-40(38)46/h1-27H. The Morgan fingerprint density at radius 2 is 0.878 bits per heavy atom. The van der Waals surface area contributed by atoms with Crippen LogP contribution in [0.3, 0.4) is 0 Å². The molecular formula is C46H27N3. The molecule has 3 heteroatoms. The smallest absolute Gasteiger partial charge is 0.101 e. The Hall–Kier alpha value is -6.94. The molecule has 0 atom stereocenters. The molecule has 0 N–H and O–H groups in total. The fraction of sp³-hybridized carbons (Fsp3) is 0. The van der Waals surface area contributed by atoms with Gasteiger partial charge in [-0.3, -0.25) is 0 Å². The number of hydrogen-bond donors (Lipinski definition) is 0. The van der Waals surface area contributed by atoms with Crippen molar-refractivity contribution in [2.75, 3.05) is 0 Å². The van der Waals surface area contributed by atoms with Gasteiger partial charge in [0.25, 0.3) is 0 Å². The van der Waals surface area contributed by atoms with Gasteiger partial charge in [-0.15, -0.1) is 0 Å². The van der Waals surface area contributed by atoms with Gasteiger partial charge in [-0.1, -0.05) is 133 Å². The van der Waals surface area contributed by atoms with Crippen molar-refractivity contribution in [2.45, 2.75) is 0 Å². The van der Waals surface area contributed by atoms with Crippen molar-refractivity contribution in [3.63, 3.8) is 0 Å². The number of rotatable bonds is 4. The van der Waals surface area contributed by atoms with E-state index in [1.165, 1.54) is 5.56 Å². The maximum absolute atomic E-state index is 10.6. The third-order valence-electron chi connectivity index (χ3n) is 9.68. The molecule has 0 amide bonds. The molecule has 9 aromatic rings. The van der Waals surface area contributed by atoms with Gasteiger partial charge in [-0.25, -0.2) is 0 Å². The zero-order valence-electron chi connectivity index (χ0n) is 26.4. The third-order valence-corrected chi connectivity index (χ3v) is 9.68. The van der Waals surface area contributed by atoms with Crippen molar-refractivity contribution in [2.24, 2.45) is 0 Å². The molecule has 0 aliphatic rings. The molecule has 0 bridgehead atoms. The molecule has 9 rings (SSSR count). The SMILES string of the molecule is N#Cc1cc(-c2cccc(C#N)c2-c2c3ccccc3c(-c3ccccc3)c3ccccc23)ccc1-n1c2ccccc2c2ccccc21. The van der Waals surface area contributed by atoms with Gasteiger partial charge < -0.3 is 4.57 Å². The monoisotopic (exact) mass is 621 g/mol. The van der Waals surface area contributed by atoms with Crippen LogP contribution in [0.2, 0.25) is 0 Å². The summed E-state index contributed by atoms with van der Waals surface area (Å²) < 4.78 is 2.18. The Kier molecular flexibility index (Phi) is 6.58. The van der Waals surface area contributed by atoms with E-state index in [9.17, 15) is 10.5 Å². The van der Waals surface area contributed by atoms with Crippen molar-refractivity contribution in [3.8, 4) is 51.2 Å². The molecule has 0 saturated heterocycles. The number of aromatic nitrogens is 1. The average Bonchev–Trinajstić information content (AvgIpc) is 3.51. The van der Waals surface area contributed by atoms with Crippen LogP contribution in [0, 0.1) is 22.7 Å². The normalized spacial score (nSPS) is 11.2. The summed E-state index contributed by atoms with van der Waals surface area (Å²) >= 11 is 0. The largest absolute Gasteiger partial charge is 0.308 e. The molecule has 0 unspecified atom stereocenters. The van der Waals surface area contributed by atoms with Crippen LogP contribution in [-0.2, 0) is 0 Å². The van der Waals surface area contributed by atoms with Gasteiger partial charge in [0.2, 0.25) is 0 Å². The highest BCUT2D eigenvalue weighted by atomic mass is 15.0. The van der Waals surface area contributed by atoms with Gasteiger partial charge in [0, 0.05) is 16.3 Å². The Balaban J connectivity index is 1.33. The topological polar surface area (TPSA) is 52.5 Å². The number of hydrogen-bond acceptors (Lipinski definition) is 2. The first-order chi connectivity index (χ1) is 24.3. The van der Waals surface area contributed by atoms with Gasteiger partial charge in [0.05, 0.1) is 33.9 Å². The number of benzene rings is 8. The van der Waals surface area contributed by atoms with Crippen LogP contribution >= 0.6 is 0 Å². The predicted octanol–water partition coefficient (Wildman–Crippen LogP) is 11.8. The number of nitriles is 2. The van der Waals surface area contributed by atoms with E-state index in [-0.39, 0.29) is 0 Å². The minimum absolute atomic E-state index is 0.562. The maximum atomic E-state index is 10.6. The van der Waals surface area contributed by atoms with Crippen LogP contribution in [0.15, 0.2) is 164 Å². The second-order valence-corrected chi connectivity index (χ2v) is 12.3. The summed E-state index contributed by atoms with van der Waals surface area (Å²) in [6.07, 6.45) is 0. The summed E-state index contributed by atoms with van der Waals surface area (Å²) in [5, 5.41) is 27.9. The van der Waals surface area contributed by atoms with Crippen LogP contribution in [0.25, 0.3) is 82.4 Å². The Labute approximate surface area is 283 Å². The van der Waals surface area contributed by atoms with E-state index < -0.39 is 0 Å². The van der Waals surface area contributed by atoms with Crippen molar-refractivity contribution in [3.05, 3.63) is 175 Å². The van der Waals surface area contributed by atoms with Gasteiger partial charge in [-0.2, -0.15) is 10.5 Å². The quantitative estimate of drug-likeness (QED) is 0.184. The molecule has 8 aromatic carbocycles. The molecule has 1 heterocycles. The van der Waals surface area contributed by atoms with Crippen molar-refractivity contribution < 1.29 is 0 Å². The molecular weight excluding hydrogens is 595 g/mol. The van der Waals surface area contributed by atoms with Gasteiger partial charge >= 0.3 is 0 Å². The van der Waals surface area contributed by atoms with E-state index in [0.717, 1.165) is 76.9 Å². The predicted molar refractivity (Wildman–Crippen MR) is 202 cm³/mol. The lowest BCUT2D eigenvalue weighted by Crippen LogP contribution is -1.99. The minimum Gasteiger partial charge on any atom is -0.308 e. The summed E-state index contributed by atoms with van der Waals surface area (Å²) in [5.41, 5.74) is 10.1. The number of para-hydroxylation sites is 2. The molecule has 0 aliphatic carbocycles. The van der Waals surface area contributed by atoms with E-state index in [2.05, 4.69) is 138 Å². The van der Waals surface area contributed by atoms with Crippen molar-refractivity contribution >= 4 is 43.4 Å². The van der Waals surface area contributed by atoms with E-state index in [1.54, 1.807) is 0 Å². The fourth-order valence-corrected chi connectivity index (χ4v) is 7.64. The van der Waals surface area contributed by atoms with Gasteiger partial charge in [0.15, 0.2) is 0 Å². The van der Waals surface area contributed by atoms with E-state index in [4.69, 9.17) is 0 Å². The molecule has 3 nitrogen and oxygen atoms in total. The first-order valence-electron chi connectivity index (χ1n) is 16.3. The zero-order chi connectivity index (χ0) is 32.9. The highest BCUT2D eigenvalue weighted by Crippen LogP contribution is 2.47. The first-order valence-corrected chi connectivity index (χ1v) is 16.3. The molecule has 226 valence electrons. The highest BCUT2D eigenvalue weighted by molar-refractivity contribution is 6.23. The third kappa shape index (κ3) is 4.35. The number of fused-ring (bicyclic) bond motifs is 5. The summed E-state index contributed by atoms with van der Waals surface area (Å²) in [6, 6.07) is 61.2. The van der Waals surface area contributed by atoms with Crippen LogP contribution < -0.4 is 0 Å². The summed E-state index contributed by atoms with van der Waals surface area (Å²) in [7, 11) is 0. The Morgan fingerprint density at radius 1 is 0.367 bits per heavy atom. The highest BCUT2D eigenvalue weighted by Gasteiger charge is 2.22. The second kappa shape index (κ2) is 11.4. The molecule has 0 spiro atoms. The van der Waals surface area contributed by atoms with Crippen molar-refractivity contribution in [1.29, 1.82) is 10.5 Å². The molecule has 0 radical (unpaired) electrons. The molecule has 1 aromatic heterocycles. The summed E-state index contributed by atoms with van der Waals surface area (Å²) in [4.78, 5) is 0. The van der Waals surface area contributed by atoms with Crippen LogP contribution in [-0.4, -0.2) is 4.57 Å². The Bertz CT molecular complexity index is 2740. The summed E-state index contributed by atoms with van der Waals surface area (Å²) in [5.74, 6) is 0. The van der Waals surface area contributed by atoms with Crippen molar-refractivity contribution in [1.82, 2.24) is 4.57 Å². The van der Waals surface area contributed by atoms with Crippen LogP contribution in [0.5, 0.6) is 0 Å². The molecule has 0 aliphatic heterocycles. The van der Waals surface area contributed by atoms with Crippen LogP contribution in [0.1, 0.15) is 11.1 Å². The average molecular weight is 622 g/mol. The zero-order valence-corrected chi connectivity index (χ0v) is 26.4. The Morgan fingerprint density at radius 3 is 1.45 bits per heavy atom. The lowest BCUT2D eigenvalue weighted by molar-refractivity contribution is 1.17. The van der Waals surface area contributed by atoms with Crippen LogP contribution in [0.4, 0.5) is 0 Å². The molecule has 0 fully saturated rings. The minimum atomic E-state index is 0.562. The fourth-order valence-electron chi connectivity index (χ4n) is 7.64. The first kappa shape index (κ1) is 28.3. The lowest BCUT2D eigenvalue weighted by Gasteiger charge is -2.21. The van der Waals surface area contributed by atoms with Gasteiger partial charge in [0.1, 0.15) is 6.07 Å². The second-order valence-electron chi connectivity index (χ2n) is 12.3. The maximum Gasteiger partial charge on any atom is 0.101 e. The molecule has 49 heavy (non-hydrogen) atoms. The van der Waals surface area contributed by atoms with E-state index >= 15 is 0 Å². The lowest BCUT2D eigenvalue weighted by atomic mass is 9.82. The molecule has 0 saturated carbocycles. The van der Waals surface area contributed by atoms with E-state index in [0.29, 0.717) is 11.1 Å².